The van der Waals surface area contributed by atoms with Crippen molar-refractivity contribution in [3.8, 4) is 0 Å². The van der Waals surface area contributed by atoms with Gasteiger partial charge >= 0.3 is 0 Å². The van der Waals surface area contributed by atoms with Gasteiger partial charge < -0.3 is 14.8 Å². The molecule has 3 heterocycles. The number of halogens is 3. The van der Waals surface area contributed by atoms with Crippen LogP contribution in [0.15, 0.2) is 77.9 Å². The predicted octanol–water partition coefficient (Wildman–Crippen LogP) is 6.81. The Hall–Kier alpha value is -3.68. The lowest BCUT2D eigenvalue weighted by atomic mass is 9.89. The maximum absolute atomic E-state index is 13.9. The first kappa shape index (κ1) is 26.9. The third kappa shape index (κ3) is 6.00. The van der Waals surface area contributed by atoms with Crippen molar-refractivity contribution in [1.82, 2.24) is 14.5 Å². The summed E-state index contributed by atoms with van der Waals surface area (Å²) < 4.78 is 14.8. The van der Waals surface area contributed by atoms with E-state index in [-0.39, 0.29) is 40.5 Å². The zero-order chi connectivity index (χ0) is 27.5. The molecule has 0 spiro atoms. The van der Waals surface area contributed by atoms with Crippen LogP contribution in [-0.2, 0) is 6.54 Å². The molecule has 1 aliphatic rings. The molecule has 9 heteroatoms. The predicted molar refractivity (Wildman–Crippen MR) is 153 cm³/mol. The number of rotatable bonds is 6. The van der Waals surface area contributed by atoms with E-state index in [0.29, 0.717) is 29.5 Å². The lowest BCUT2D eigenvalue weighted by Gasteiger charge is -2.33. The zero-order valence-electron chi connectivity index (χ0n) is 21.3. The summed E-state index contributed by atoms with van der Waals surface area (Å²) in [5, 5.41) is 3.64. The number of anilines is 2. The molecule has 0 unspecified atom stereocenters. The van der Waals surface area contributed by atoms with Gasteiger partial charge in [-0.3, -0.25) is 14.6 Å². The quantitative estimate of drug-likeness (QED) is 0.279. The molecule has 200 valence electrons. The molecule has 39 heavy (non-hydrogen) atoms. The lowest BCUT2D eigenvalue weighted by molar-refractivity contribution is 0.0713. The van der Waals surface area contributed by atoms with Crippen molar-refractivity contribution in [3.63, 3.8) is 0 Å². The molecule has 5 rings (SSSR count). The second-order valence-corrected chi connectivity index (χ2v) is 10.5. The SMILES string of the molecule is Cc1ccc(Cl)cc1Nc1c(C(=O)N2CCC(c3ccc(F)cc3)CC2)cn(Cc2ccccn2)c(=O)c1Cl. The molecule has 1 aliphatic heterocycles. The van der Waals surface area contributed by atoms with Crippen molar-refractivity contribution in [2.24, 2.45) is 0 Å². The molecule has 1 N–H and O–H groups in total. The van der Waals surface area contributed by atoms with Crippen LogP contribution in [0.25, 0.3) is 0 Å². The van der Waals surface area contributed by atoms with Gasteiger partial charge in [-0.05, 0) is 73.2 Å². The second-order valence-electron chi connectivity index (χ2n) is 9.69. The molecule has 0 aliphatic carbocycles. The van der Waals surface area contributed by atoms with E-state index >= 15 is 0 Å². The fraction of sp³-hybridized carbons (Fsp3) is 0.233. The fourth-order valence-electron chi connectivity index (χ4n) is 4.88. The van der Waals surface area contributed by atoms with Crippen LogP contribution in [0.1, 0.15) is 45.9 Å². The minimum atomic E-state index is -0.434. The monoisotopic (exact) mass is 564 g/mol. The lowest BCUT2D eigenvalue weighted by Crippen LogP contribution is -2.39. The number of hydrogen-bond donors (Lipinski definition) is 1. The topological polar surface area (TPSA) is 67.2 Å². The van der Waals surface area contributed by atoms with Crippen LogP contribution in [0.4, 0.5) is 15.8 Å². The second kappa shape index (κ2) is 11.6. The summed E-state index contributed by atoms with van der Waals surface area (Å²) in [6, 6.07) is 17.3. The number of likely N-dealkylation sites (tertiary alicyclic amines) is 1. The van der Waals surface area contributed by atoms with E-state index in [1.165, 1.54) is 16.7 Å². The Bertz CT molecular complexity index is 1550. The Kier molecular flexibility index (Phi) is 8.00. The van der Waals surface area contributed by atoms with E-state index < -0.39 is 5.56 Å². The van der Waals surface area contributed by atoms with Gasteiger partial charge in [-0.2, -0.15) is 0 Å². The average Bonchev–Trinajstić information content (AvgIpc) is 2.95. The third-order valence-corrected chi connectivity index (χ3v) is 7.68. The van der Waals surface area contributed by atoms with Crippen LogP contribution in [0.5, 0.6) is 0 Å². The van der Waals surface area contributed by atoms with E-state index in [0.717, 1.165) is 24.0 Å². The van der Waals surface area contributed by atoms with Crippen molar-refractivity contribution in [2.45, 2.75) is 32.2 Å². The highest BCUT2D eigenvalue weighted by Crippen LogP contribution is 2.33. The highest BCUT2D eigenvalue weighted by molar-refractivity contribution is 6.34. The van der Waals surface area contributed by atoms with Crippen molar-refractivity contribution < 1.29 is 9.18 Å². The first-order chi connectivity index (χ1) is 18.8. The average molecular weight is 565 g/mol. The molecule has 1 saturated heterocycles. The summed E-state index contributed by atoms with van der Waals surface area (Å²) in [5.41, 5.74) is 3.36. The Balaban J connectivity index is 1.48. The molecule has 0 bridgehead atoms. The molecule has 2 aromatic heterocycles. The summed E-state index contributed by atoms with van der Waals surface area (Å²) in [4.78, 5) is 33.3. The number of carbonyl (C=O) groups excluding carboxylic acids is 1. The van der Waals surface area contributed by atoms with Crippen molar-refractivity contribution in [2.75, 3.05) is 18.4 Å². The molecule has 1 fully saturated rings. The number of aromatic nitrogens is 2. The normalized spacial score (nSPS) is 13.9. The largest absolute Gasteiger partial charge is 0.353 e. The van der Waals surface area contributed by atoms with Crippen LogP contribution in [0, 0.1) is 12.7 Å². The first-order valence-corrected chi connectivity index (χ1v) is 13.5. The maximum Gasteiger partial charge on any atom is 0.271 e. The van der Waals surface area contributed by atoms with Gasteiger partial charge in [0.05, 0.1) is 23.5 Å². The number of amides is 1. The van der Waals surface area contributed by atoms with E-state index in [2.05, 4.69) is 10.3 Å². The van der Waals surface area contributed by atoms with Gasteiger partial charge in [-0.15, -0.1) is 0 Å². The fourth-order valence-corrected chi connectivity index (χ4v) is 5.31. The van der Waals surface area contributed by atoms with Gasteiger partial charge in [0.1, 0.15) is 10.8 Å². The van der Waals surface area contributed by atoms with E-state index in [1.54, 1.807) is 47.6 Å². The van der Waals surface area contributed by atoms with Gasteiger partial charge in [0.25, 0.3) is 11.5 Å². The molecule has 0 atom stereocenters. The van der Waals surface area contributed by atoms with Crippen LogP contribution < -0.4 is 10.9 Å². The van der Waals surface area contributed by atoms with Gasteiger partial charge in [0.15, 0.2) is 0 Å². The molecular formula is C30H27Cl2FN4O2. The first-order valence-electron chi connectivity index (χ1n) is 12.7. The minimum Gasteiger partial charge on any atom is -0.353 e. The highest BCUT2D eigenvalue weighted by Gasteiger charge is 2.28. The van der Waals surface area contributed by atoms with Crippen molar-refractivity contribution in [1.29, 1.82) is 0 Å². The summed E-state index contributed by atoms with van der Waals surface area (Å²) in [7, 11) is 0. The molecular weight excluding hydrogens is 538 g/mol. The van der Waals surface area contributed by atoms with Crippen molar-refractivity contribution >= 4 is 40.5 Å². The van der Waals surface area contributed by atoms with E-state index in [1.807, 2.05) is 25.1 Å². The third-order valence-electron chi connectivity index (χ3n) is 7.09. The number of nitrogens with one attached hydrogen (secondary N) is 1. The van der Waals surface area contributed by atoms with Gasteiger partial charge in [-0.1, -0.05) is 47.5 Å². The molecule has 2 aromatic carbocycles. The van der Waals surface area contributed by atoms with Crippen LogP contribution in [0.2, 0.25) is 10.0 Å². The molecule has 6 nitrogen and oxygen atoms in total. The van der Waals surface area contributed by atoms with Gasteiger partial charge in [0.2, 0.25) is 0 Å². The van der Waals surface area contributed by atoms with E-state index in [9.17, 15) is 14.0 Å². The van der Waals surface area contributed by atoms with Crippen LogP contribution >= 0.6 is 23.2 Å². The number of nitrogens with zero attached hydrogens (tertiary/aromatic N) is 3. The molecule has 4 aromatic rings. The van der Waals surface area contributed by atoms with E-state index in [4.69, 9.17) is 23.2 Å². The Morgan fingerprint density at radius 3 is 2.51 bits per heavy atom. The summed E-state index contributed by atoms with van der Waals surface area (Å²) >= 11 is 12.9. The van der Waals surface area contributed by atoms with Gasteiger partial charge in [0, 0.05) is 36.2 Å². The number of piperidine rings is 1. The van der Waals surface area contributed by atoms with Crippen LogP contribution in [0.3, 0.4) is 0 Å². The minimum absolute atomic E-state index is 0.0858. The molecule has 0 radical (unpaired) electrons. The Labute approximate surface area is 236 Å². The smallest absolute Gasteiger partial charge is 0.271 e. The maximum atomic E-state index is 13.9. The number of pyridine rings is 2. The highest BCUT2D eigenvalue weighted by atomic mass is 35.5. The number of aryl methyl sites for hydroxylation is 1. The summed E-state index contributed by atoms with van der Waals surface area (Å²) in [6.45, 7) is 3.11. The number of hydrogen-bond acceptors (Lipinski definition) is 4. The molecule has 1 amide bonds. The summed E-state index contributed by atoms with van der Waals surface area (Å²) in [5.74, 6) is -0.256. The zero-order valence-corrected chi connectivity index (χ0v) is 22.8. The van der Waals surface area contributed by atoms with Crippen LogP contribution in [-0.4, -0.2) is 33.4 Å². The van der Waals surface area contributed by atoms with Gasteiger partial charge in [-0.25, -0.2) is 4.39 Å². The Morgan fingerprint density at radius 1 is 1.08 bits per heavy atom. The number of carbonyl (C=O) groups is 1. The van der Waals surface area contributed by atoms with Crippen molar-refractivity contribution in [3.05, 3.63) is 122 Å². The standard InChI is InChI=1S/C30H27Cl2FN4O2/c1-19-5-8-22(31)16-26(19)35-28-25(18-37(30(39)27(28)32)17-24-4-2-3-13-34-24)29(38)36-14-11-21(12-15-36)20-6-9-23(33)10-7-20/h2-10,13,16,18,21,35H,11-12,14-15,17H2,1H3. The Morgan fingerprint density at radius 2 is 1.82 bits per heavy atom. The number of benzene rings is 2. The summed E-state index contributed by atoms with van der Waals surface area (Å²) in [6.07, 6.45) is 4.69. The molecule has 0 saturated carbocycles.